The molecule has 0 spiro atoms. The van der Waals surface area contributed by atoms with Crippen molar-refractivity contribution in [2.45, 2.75) is 174 Å². The molecular formula is C32H66NO3+. The van der Waals surface area contributed by atoms with E-state index in [1.165, 1.54) is 128 Å². The summed E-state index contributed by atoms with van der Waals surface area (Å²) in [5, 5.41) is 19.2. The normalized spacial score (nSPS) is 12.8. The number of aliphatic hydroxyl groups is 1. The van der Waals surface area contributed by atoms with Crippen molar-refractivity contribution in [3.63, 3.8) is 0 Å². The van der Waals surface area contributed by atoms with Crippen LogP contribution in [0.4, 0.5) is 0 Å². The van der Waals surface area contributed by atoms with Crippen LogP contribution in [0.25, 0.3) is 0 Å². The van der Waals surface area contributed by atoms with Gasteiger partial charge in [0.2, 0.25) is 0 Å². The number of rotatable bonds is 29. The third-order valence-electron chi connectivity index (χ3n) is 7.75. The third-order valence-corrected chi connectivity index (χ3v) is 7.75. The second-order valence-electron chi connectivity index (χ2n) is 12.2. The van der Waals surface area contributed by atoms with Crippen LogP contribution in [0.3, 0.4) is 0 Å². The fourth-order valence-electron chi connectivity index (χ4n) is 5.38. The maximum atomic E-state index is 10.5. The molecule has 36 heavy (non-hydrogen) atoms. The van der Waals surface area contributed by atoms with E-state index in [1.54, 1.807) is 0 Å². The molecule has 0 aliphatic rings. The molecule has 4 nitrogen and oxygen atoms in total. The lowest BCUT2D eigenvalue weighted by molar-refractivity contribution is -0.893. The molecule has 0 bridgehead atoms. The van der Waals surface area contributed by atoms with Gasteiger partial charge in [0.05, 0.1) is 20.6 Å². The second kappa shape index (κ2) is 26.0. The fraction of sp³-hybridized carbons (Fsp3) is 0.969. The maximum absolute atomic E-state index is 10.5. The van der Waals surface area contributed by atoms with E-state index < -0.39 is 5.97 Å². The van der Waals surface area contributed by atoms with Crippen molar-refractivity contribution in [3.05, 3.63) is 0 Å². The molecule has 0 radical (unpaired) electrons. The van der Waals surface area contributed by atoms with E-state index in [0.717, 1.165) is 43.3 Å². The summed E-state index contributed by atoms with van der Waals surface area (Å²) in [4.78, 5) is 10.5. The minimum Gasteiger partial charge on any atom is -0.481 e. The molecule has 0 rings (SSSR count). The number of likely N-dealkylation sites (N-methyl/N-ethyl adjacent to an activating group) is 1. The first-order chi connectivity index (χ1) is 17.4. The van der Waals surface area contributed by atoms with Crippen molar-refractivity contribution in [2.24, 2.45) is 0 Å². The summed E-state index contributed by atoms with van der Waals surface area (Å²) >= 11 is 0. The number of aliphatic hydroxyl groups excluding tert-OH is 1. The molecule has 0 amide bonds. The summed E-state index contributed by atoms with van der Waals surface area (Å²) in [6.07, 6.45) is 31.3. The Kier molecular flexibility index (Phi) is 25.6. The zero-order chi connectivity index (χ0) is 26.7. The molecular weight excluding hydrogens is 446 g/mol. The fourth-order valence-corrected chi connectivity index (χ4v) is 5.38. The lowest BCUT2D eigenvalue weighted by Gasteiger charge is -2.32. The summed E-state index contributed by atoms with van der Waals surface area (Å²) in [5.74, 6) is -0.674. The van der Waals surface area contributed by atoms with Gasteiger partial charge in [-0.2, -0.15) is 0 Å². The Labute approximate surface area is 226 Å². The molecule has 2 N–H and O–H groups in total. The van der Waals surface area contributed by atoms with Crippen LogP contribution in [0, 0.1) is 0 Å². The summed E-state index contributed by atoms with van der Waals surface area (Å²) in [6, 6.07) is 0. The number of nitrogens with zero attached hydrogens (tertiary/aromatic N) is 1. The van der Waals surface area contributed by atoms with Gasteiger partial charge in [-0.25, -0.2) is 0 Å². The number of quaternary nitrogens is 1. The Morgan fingerprint density at radius 3 is 1.36 bits per heavy atom. The van der Waals surface area contributed by atoms with Crippen molar-refractivity contribution in [2.75, 3.05) is 27.2 Å². The first-order valence-electron chi connectivity index (χ1n) is 16.1. The monoisotopic (exact) mass is 513 g/mol. The zero-order valence-electron chi connectivity index (χ0n) is 24.9. The van der Waals surface area contributed by atoms with E-state index in [-0.39, 0.29) is 6.10 Å². The smallest absolute Gasteiger partial charge is 0.303 e. The van der Waals surface area contributed by atoms with Crippen molar-refractivity contribution in [3.8, 4) is 0 Å². The van der Waals surface area contributed by atoms with Gasteiger partial charge in [0.25, 0.3) is 0 Å². The predicted octanol–water partition coefficient (Wildman–Crippen LogP) is 9.28. The van der Waals surface area contributed by atoms with Crippen LogP contribution in [0.5, 0.6) is 0 Å². The number of carboxylic acid groups (broad SMARTS) is 1. The van der Waals surface area contributed by atoms with Crippen molar-refractivity contribution in [1.82, 2.24) is 0 Å². The number of carbonyl (C=O) groups is 1. The molecule has 0 heterocycles. The number of hydrogen-bond donors (Lipinski definition) is 2. The van der Waals surface area contributed by atoms with E-state index in [4.69, 9.17) is 5.11 Å². The van der Waals surface area contributed by atoms with Crippen LogP contribution in [0.1, 0.15) is 167 Å². The predicted molar refractivity (Wildman–Crippen MR) is 157 cm³/mol. The Morgan fingerprint density at radius 2 is 0.944 bits per heavy atom. The zero-order valence-corrected chi connectivity index (χ0v) is 24.9. The number of carboxylic acids is 1. The summed E-state index contributed by atoms with van der Waals surface area (Å²) in [7, 11) is 4.51. The average molecular weight is 513 g/mol. The Morgan fingerprint density at radius 1 is 0.583 bits per heavy atom. The molecule has 0 aromatic heterocycles. The van der Waals surface area contributed by atoms with E-state index in [1.807, 2.05) is 0 Å². The van der Waals surface area contributed by atoms with Crippen molar-refractivity contribution < 1.29 is 19.5 Å². The van der Waals surface area contributed by atoms with Crippen LogP contribution >= 0.6 is 0 Å². The summed E-state index contributed by atoms with van der Waals surface area (Å²) in [6.45, 7) is 4.29. The highest BCUT2D eigenvalue weighted by atomic mass is 16.4. The topological polar surface area (TPSA) is 57.5 Å². The average Bonchev–Trinajstić information content (AvgIpc) is 2.82. The molecule has 0 aromatic carbocycles. The Bertz CT molecular complexity index is 466. The largest absolute Gasteiger partial charge is 0.481 e. The first-order valence-corrected chi connectivity index (χ1v) is 16.1. The minimum atomic E-state index is -0.674. The van der Waals surface area contributed by atoms with E-state index in [9.17, 15) is 9.90 Å². The van der Waals surface area contributed by atoms with Gasteiger partial charge in [0.1, 0.15) is 12.6 Å². The van der Waals surface area contributed by atoms with E-state index >= 15 is 0 Å². The van der Waals surface area contributed by atoms with Crippen molar-refractivity contribution >= 4 is 5.97 Å². The lowest BCUT2D eigenvalue weighted by Crippen LogP contribution is -2.45. The molecule has 4 heteroatoms. The molecule has 1 unspecified atom stereocenters. The number of aliphatic carboxylic acids is 1. The van der Waals surface area contributed by atoms with Crippen LogP contribution in [0.15, 0.2) is 0 Å². The van der Waals surface area contributed by atoms with Gasteiger partial charge in [0.15, 0.2) is 0 Å². The highest BCUT2D eigenvalue weighted by molar-refractivity contribution is 5.66. The van der Waals surface area contributed by atoms with Crippen molar-refractivity contribution in [1.29, 1.82) is 0 Å². The molecule has 0 saturated heterocycles. The SMILES string of the molecule is CCCCCCCCCCCCCCCCCCC(O)C[N+](C)(C)CCCCCCCCCC(=O)O. The minimum absolute atomic E-state index is 0.166. The maximum Gasteiger partial charge on any atom is 0.303 e. The summed E-state index contributed by atoms with van der Waals surface area (Å²) < 4.78 is 0.915. The number of unbranched alkanes of at least 4 members (excludes halogenated alkanes) is 21. The Hall–Kier alpha value is -0.610. The molecule has 0 aliphatic heterocycles. The lowest BCUT2D eigenvalue weighted by atomic mass is 10.0. The van der Waals surface area contributed by atoms with Crippen LogP contribution < -0.4 is 0 Å². The highest BCUT2D eigenvalue weighted by Crippen LogP contribution is 2.16. The first kappa shape index (κ1) is 35.4. The van der Waals surface area contributed by atoms with Gasteiger partial charge in [0, 0.05) is 6.42 Å². The highest BCUT2D eigenvalue weighted by Gasteiger charge is 2.19. The standard InChI is InChI=1S/C32H65NO3/c1-4-5-6-7-8-9-10-11-12-13-14-15-16-18-21-24-27-31(34)30-33(2,3)29-26-23-20-17-19-22-25-28-32(35)36/h31,34H,4-30H2,1-3H3/p+1. The van der Waals surface area contributed by atoms with Gasteiger partial charge in [-0.3, -0.25) is 4.79 Å². The van der Waals surface area contributed by atoms with Crippen LogP contribution in [-0.2, 0) is 4.79 Å². The van der Waals surface area contributed by atoms with E-state index in [2.05, 4.69) is 21.0 Å². The van der Waals surface area contributed by atoms with Gasteiger partial charge >= 0.3 is 5.97 Å². The van der Waals surface area contributed by atoms with E-state index in [0.29, 0.717) is 6.42 Å². The molecule has 0 saturated carbocycles. The van der Waals surface area contributed by atoms with Gasteiger partial charge in [-0.1, -0.05) is 135 Å². The van der Waals surface area contributed by atoms with Gasteiger partial charge in [-0.15, -0.1) is 0 Å². The molecule has 0 aromatic rings. The van der Waals surface area contributed by atoms with Crippen LogP contribution in [0.2, 0.25) is 0 Å². The van der Waals surface area contributed by atoms with Gasteiger partial charge < -0.3 is 14.7 Å². The Balaban J connectivity index is 3.42. The molecule has 0 aliphatic carbocycles. The number of hydrogen-bond acceptors (Lipinski definition) is 2. The third kappa shape index (κ3) is 28.0. The quantitative estimate of drug-likeness (QED) is 0.0775. The van der Waals surface area contributed by atoms with Crippen LogP contribution in [-0.4, -0.2) is 54.0 Å². The molecule has 1 atom stereocenters. The summed E-state index contributed by atoms with van der Waals surface area (Å²) in [5.41, 5.74) is 0. The molecule has 216 valence electrons. The molecule has 0 fully saturated rings. The second-order valence-corrected chi connectivity index (χ2v) is 12.2. The van der Waals surface area contributed by atoms with Gasteiger partial charge in [-0.05, 0) is 25.7 Å².